The van der Waals surface area contributed by atoms with Crippen molar-refractivity contribution in [2.45, 2.75) is 116 Å². The molecule has 3 saturated heterocycles. The first-order valence-corrected chi connectivity index (χ1v) is 26.8. The molecule has 4 aromatic rings. The van der Waals surface area contributed by atoms with Crippen LogP contribution in [0.2, 0.25) is 0 Å². The van der Waals surface area contributed by atoms with Crippen LogP contribution in [-0.2, 0) is 20.6 Å². The number of hydrogen-bond donors (Lipinski definition) is 8. The number of aromatic hydroxyl groups is 1. The zero-order valence-corrected chi connectivity index (χ0v) is 43.1. The van der Waals surface area contributed by atoms with Crippen LogP contribution in [0.4, 0.5) is 16.6 Å². The number of carbonyl (C=O) groups is 3. The molecule has 1 spiro atoms. The van der Waals surface area contributed by atoms with Crippen molar-refractivity contribution in [2.24, 2.45) is 16.6 Å². The molecule has 73 heavy (non-hydrogen) atoms. The predicted octanol–water partition coefficient (Wildman–Crippen LogP) is 5.76. The molecule has 2 aromatic heterocycles. The number of para-hydroxylation sites is 1. The molecule has 4 atom stereocenters. The van der Waals surface area contributed by atoms with Crippen molar-refractivity contribution in [1.29, 1.82) is 0 Å². The van der Waals surface area contributed by atoms with Crippen molar-refractivity contribution in [3.05, 3.63) is 93.9 Å². The summed E-state index contributed by atoms with van der Waals surface area (Å²) in [4.78, 5) is 81.7. The first-order chi connectivity index (χ1) is 34.6. The van der Waals surface area contributed by atoms with Gasteiger partial charge in [-0.1, -0.05) is 44.9 Å². The Morgan fingerprint density at radius 1 is 1.03 bits per heavy atom. The number of piperidine rings is 1. The van der Waals surface area contributed by atoms with Gasteiger partial charge in [0.1, 0.15) is 29.4 Å². The average molecular weight is 1020 g/mol. The van der Waals surface area contributed by atoms with Gasteiger partial charge < -0.3 is 56.3 Å². The van der Waals surface area contributed by atoms with Crippen LogP contribution < -0.4 is 31.5 Å². The maximum atomic E-state index is 14.2. The maximum Gasteiger partial charge on any atom is 0.524 e. The molecule has 4 fully saturated rings. The largest absolute Gasteiger partial charge is 0.524 e. The number of rotatable bonds is 12. The van der Waals surface area contributed by atoms with Crippen molar-refractivity contribution >= 4 is 49.2 Å². The number of nitrogen functional groups attached to an aromatic ring is 1. The number of urea groups is 1. The lowest BCUT2D eigenvalue weighted by Gasteiger charge is -2.61. The Morgan fingerprint density at radius 2 is 1.73 bits per heavy atom. The minimum Gasteiger partial charge on any atom is -0.508 e. The van der Waals surface area contributed by atoms with E-state index < -0.39 is 31.4 Å². The van der Waals surface area contributed by atoms with E-state index in [0.29, 0.717) is 91.4 Å². The number of phosphoric acid groups is 1. The zero-order chi connectivity index (χ0) is 52.1. The van der Waals surface area contributed by atoms with Gasteiger partial charge in [-0.25, -0.2) is 19.3 Å². The van der Waals surface area contributed by atoms with E-state index in [1.165, 1.54) is 12.1 Å². The Bertz CT molecular complexity index is 2870. The Labute approximate surface area is 426 Å². The van der Waals surface area contributed by atoms with Crippen LogP contribution >= 0.6 is 7.82 Å². The summed E-state index contributed by atoms with van der Waals surface area (Å²) in [6.07, 6.45) is 17.0. The average Bonchev–Trinajstić information content (AvgIpc) is 3.94. The van der Waals surface area contributed by atoms with Gasteiger partial charge in [0.2, 0.25) is 17.8 Å². The smallest absolute Gasteiger partial charge is 0.508 e. The number of carbonyl (C=O) groups excluding carboxylic acids is 3. The van der Waals surface area contributed by atoms with Gasteiger partial charge >= 0.3 is 13.9 Å². The summed E-state index contributed by atoms with van der Waals surface area (Å²) in [6.45, 7) is 13.9. The second-order valence-electron chi connectivity index (χ2n) is 21.8. The quantitative estimate of drug-likeness (QED) is 0.0620. The molecule has 1 saturated carbocycles. The Kier molecular flexibility index (Phi) is 14.1. The number of terminal acetylenes is 1. The highest BCUT2D eigenvalue weighted by molar-refractivity contribution is 7.46. The van der Waals surface area contributed by atoms with E-state index in [9.17, 15) is 33.8 Å². The van der Waals surface area contributed by atoms with Gasteiger partial charge in [-0.05, 0) is 113 Å². The van der Waals surface area contributed by atoms with Crippen molar-refractivity contribution < 1.29 is 38.4 Å². The topological polar surface area (TPSA) is 269 Å². The van der Waals surface area contributed by atoms with Crippen LogP contribution in [-0.4, -0.2) is 120 Å². The molecule has 0 radical (unpaired) electrons. The van der Waals surface area contributed by atoms with Crippen LogP contribution in [0, 0.1) is 23.2 Å². The fraction of sp³-hybridized carbons (Fsp3) is 0.491. The molecule has 5 aliphatic rings. The summed E-state index contributed by atoms with van der Waals surface area (Å²) < 4.78 is 16.6. The molecule has 20 heteroatoms. The highest BCUT2D eigenvalue weighted by Gasteiger charge is 2.56. The Hall–Kier alpha value is -6.58. The highest BCUT2D eigenvalue weighted by atomic mass is 31.2. The Balaban J connectivity index is 0.745. The monoisotopic (exact) mass is 1020 g/mol. The van der Waals surface area contributed by atoms with Gasteiger partial charge in [0, 0.05) is 95.7 Å². The fourth-order valence-corrected chi connectivity index (χ4v) is 12.2. The van der Waals surface area contributed by atoms with E-state index in [4.69, 9.17) is 32.4 Å². The number of anilines is 2. The van der Waals surface area contributed by atoms with E-state index in [1.54, 1.807) is 48.2 Å². The number of fused-ring (bicyclic) bond motifs is 1. The molecule has 2 aromatic carbocycles. The van der Waals surface area contributed by atoms with E-state index in [2.05, 4.69) is 38.3 Å². The number of phenols is 1. The summed E-state index contributed by atoms with van der Waals surface area (Å²) in [5.74, 6) is 3.25. The third-order valence-electron chi connectivity index (χ3n) is 15.7. The number of H-pyrrole nitrogens is 1. The molecule has 0 bridgehead atoms. The Morgan fingerprint density at radius 3 is 2.38 bits per heavy atom. The number of amides is 4. The van der Waals surface area contributed by atoms with E-state index in [0.717, 1.165) is 55.6 Å². The molecule has 4 unspecified atom stereocenters. The van der Waals surface area contributed by atoms with E-state index in [1.807, 2.05) is 38.1 Å². The summed E-state index contributed by atoms with van der Waals surface area (Å²) in [5, 5.41) is 16.6. The number of hydrogen-bond acceptors (Lipinski definition) is 12. The molecule has 9 rings (SSSR count). The lowest BCUT2D eigenvalue weighted by Crippen LogP contribution is -2.70. The molecule has 1 aliphatic carbocycles. The molecular formula is C53H68N11O8P. The number of nitrogens with two attached hydrogens (primary N) is 2. The first-order valence-electron chi connectivity index (χ1n) is 25.2. The van der Waals surface area contributed by atoms with E-state index in [-0.39, 0.29) is 46.5 Å². The van der Waals surface area contributed by atoms with Crippen LogP contribution in [0.15, 0.2) is 54.9 Å². The number of phenolic OH excluding ortho intramolecular Hbond substituents is 1. The van der Waals surface area contributed by atoms with Crippen LogP contribution in [0.5, 0.6) is 11.5 Å². The summed E-state index contributed by atoms with van der Waals surface area (Å²) in [6, 6.07) is 9.28. The molecule has 4 amide bonds. The molecular weight excluding hydrogens is 950 g/mol. The van der Waals surface area contributed by atoms with Crippen molar-refractivity contribution in [2.75, 3.05) is 49.9 Å². The van der Waals surface area contributed by atoms with E-state index >= 15 is 0 Å². The van der Waals surface area contributed by atoms with Gasteiger partial charge in [-0.2, -0.15) is 0 Å². The minimum atomic E-state index is -4.82. The molecule has 10 N–H and O–H groups in total. The number of phosphoric ester groups is 1. The summed E-state index contributed by atoms with van der Waals surface area (Å²) >= 11 is 0. The summed E-state index contributed by atoms with van der Waals surface area (Å²) in [5.41, 5.74) is 17.9. The second kappa shape index (κ2) is 20.0. The summed E-state index contributed by atoms with van der Waals surface area (Å²) in [7, 11) is -4.82. The van der Waals surface area contributed by atoms with Gasteiger partial charge in [-0.3, -0.25) is 19.4 Å². The molecule has 4 aliphatic heterocycles. The third-order valence-corrected chi connectivity index (χ3v) is 16.2. The van der Waals surface area contributed by atoms with Crippen molar-refractivity contribution in [3.63, 3.8) is 0 Å². The van der Waals surface area contributed by atoms with Crippen molar-refractivity contribution in [3.8, 4) is 23.8 Å². The number of aromatic amines is 1. The van der Waals surface area contributed by atoms with Gasteiger partial charge in [-0.15, -0.1) is 6.42 Å². The van der Waals surface area contributed by atoms with Gasteiger partial charge in [0.25, 0.3) is 0 Å². The van der Waals surface area contributed by atoms with Crippen LogP contribution in [0.3, 0.4) is 0 Å². The lowest BCUT2D eigenvalue weighted by atomic mass is 9.60. The number of nitrogens with one attached hydrogen (secondary N) is 3. The number of likely N-dealkylation sites (tertiary alicyclic amines) is 3. The van der Waals surface area contributed by atoms with Crippen LogP contribution in [0.1, 0.15) is 130 Å². The van der Waals surface area contributed by atoms with Gasteiger partial charge in [0.05, 0.1) is 12.1 Å². The number of aromatic nitrogens is 3. The number of benzene rings is 2. The SMILES string of the molecule is C#Cc1ccc(C(C)NC(=O)C2CCCN2C(=O)C(NC(=O)N2CC3(CC(N4CCC(c5cnc(N6CCc7[nH]c(N)c(/C=C(\N)c8ccccc8OP(=O)(O)O)c7C6C)nc5)CC4)C3)C2)C(C)(C)C)c(O)c1. The number of nitrogens with zero attached hydrogens (tertiary/aromatic N) is 6. The molecule has 19 nitrogen and oxygen atoms in total. The van der Waals surface area contributed by atoms with Crippen molar-refractivity contribution in [1.82, 2.24) is 40.3 Å². The first kappa shape index (κ1) is 51.3. The maximum absolute atomic E-state index is 14.2. The lowest BCUT2D eigenvalue weighted by molar-refractivity contribution is -0.142. The molecule has 388 valence electrons. The molecule has 6 heterocycles. The van der Waals surface area contributed by atoms with Crippen LogP contribution in [0.25, 0.3) is 11.8 Å². The normalized spacial score (nSPS) is 21.4. The second-order valence-corrected chi connectivity index (χ2v) is 22.9. The fourth-order valence-electron chi connectivity index (χ4n) is 11.8. The predicted molar refractivity (Wildman–Crippen MR) is 278 cm³/mol. The third kappa shape index (κ3) is 10.6. The minimum absolute atomic E-state index is 0.00769. The standard InChI is InChI=1S/C53H68N11O8P/c1-7-33-14-15-37(43(65)23-33)31(2)58-48(66)42-12-10-19-64(42)49(67)46(52(4,5)6)60-51(68)62-29-53(30-62)25-36(26-53)61-20-16-34(17-21-61)35-27-56-50(57-28-35)63-22-18-41-45(32(63)3)39(47(55)59-41)24-40(54)38-11-8-9-13-44(38)72-73(69,70)71/h1,8-9,11,13-15,23-24,27-28,31-32,34,36,42,46,59,65H,10,12,16-22,25-26,29-30,54-55H2,2-6H3,(H,58,66)(H,60,68)(H2,69,70,71)/b40-24-. The highest BCUT2D eigenvalue weighted by Crippen LogP contribution is 2.51. The zero-order valence-electron chi connectivity index (χ0n) is 42.2. The van der Waals surface area contributed by atoms with Gasteiger partial charge in [0.15, 0.2) is 0 Å².